The first-order valence-electron chi connectivity index (χ1n) is 12.5. The fourth-order valence-electron chi connectivity index (χ4n) is 5.46. The lowest BCUT2D eigenvalue weighted by Crippen LogP contribution is -2.29. The van der Waals surface area contributed by atoms with Gasteiger partial charge in [0.15, 0.2) is 0 Å². The van der Waals surface area contributed by atoms with Gasteiger partial charge in [-0.3, -0.25) is 14.6 Å². The monoisotopic (exact) mass is 450 g/mol. The highest BCUT2D eigenvalue weighted by Crippen LogP contribution is 2.31. The van der Waals surface area contributed by atoms with Crippen molar-refractivity contribution in [2.45, 2.75) is 70.6 Å². The number of aliphatic hydroxyl groups excluding tert-OH is 1. The van der Waals surface area contributed by atoms with E-state index < -0.39 is 5.97 Å². The van der Waals surface area contributed by atoms with E-state index >= 15 is 0 Å². The lowest BCUT2D eigenvalue weighted by molar-refractivity contribution is -0.136. The summed E-state index contributed by atoms with van der Waals surface area (Å²) in [4.78, 5) is 16.5. The average molecular weight is 451 g/mol. The molecular formula is C28H38N2O3. The Morgan fingerprint density at radius 3 is 2.36 bits per heavy atom. The fourth-order valence-corrected chi connectivity index (χ4v) is 5.46. The number of hydrogen-bond acceptors (Lipinski definition) is 4. The number of carbonyl (C=O) groups is 1. The number of likely N-dealkylation sites (tertiary alicyclic amines) is 2. The van der Waals surface area contributed by atoms with Crippen molar-refractivity contribution in [3.8, 4) is 0 Å². The van der Waals surface area contributed by atoms with Crippen LogP contribution >= 0.6 is 0 Å². The van der Waals surface area contributed by atoms with Gasteiger partial charge >= 0.3 is 5.97 Å². The Kier molecular flexibility index (Phi) is 8.18. The molecule has 0 aromatic heterocycles. The maximum atomic E-state index is 11.6. The zero-order valence-corrected chi connectivity index (χ0v) is 19.9. The van der Waals surface area contributed by atoms with Crippen molar-refractivity contribution in [2.75, 3.05) is 26.2 Å². The zero-order chi connectivity index (χ0) is 23.2. The second-order valence-electron chi connectivity index (χ2n) is 9.98. The third-order valence-electron chi connectivity index (χ3n) is 7.19. The van der Waals surface area contributed by atoms with E-state index in [4.69, 9.17) is 0 Å². The lowest BCUT2D eigenvalue weighted by Gasteiger charge is -2.27. The number of rotatable bonds is 9. The summed E-state index contributed by atoms with van der Waals surface area (Å²) in [7, 11) is 0. The number of benzene rings is 2. The van der Waals surface area contributed by atoms with Gasteiger partial charge < -0.3 is 10.2 Å². The van der Waals surface area contributed by atoms with E-state index in [9.17, 15) is 15.0 Å². The van der Waals surface area contributed by atoms with Gasteiger partial charge in [-0.25, -0.2) is 0 Å². The standard InChI is InChI=1S/C28H38N2O3/c1-21(31)15-22-7-3-4-8-24(22)19-30-14-11-26(20-30)23-9-10-25(27(16-23)17-28(32)33)18-29-12-5-2-6-13-29/h3-4,7-10,16,21,26,31H,2,5-6,11-15,17-20H2,1H3,(H,32,33). The molecule has 33 heavy (non-hydrogen) atoms. The number of nitrogens with zero attached hydrogens (tertiary/aromatic N) is 2. The molecule has 2 atom stereocenters. The molecule has 2 unspecified atom stereocenters. The van der Waals surface area contributed by atoms with Gasteiger partial charge in [0, 0.05) is 19.6 Å². The normalized spacial score (nSPS) is 20.7. The molecule has 0 aliphatic carbocycles. The summed E-state index contributed by atoms with van der Waals surface area (Å²) in [6.45, 7) is 7.85. The van der Waals surface area contributed by atoms with Crippen molar-refractivity contribution in [3.05, 3.63) is 70.3 Å². The first kappa shape index (κ1) is 23.9. The Morgan fingerprint density at radius 1 is 0.939 bits per heavy atom. The Morgan fingerprint density at radius 2 is 1.64 bits per heavy atom. The minimum absolute atomic E-state index is 0.0974. The molecule has 0 amide bonds. The molecule has 0 radical (unpaired) electrons. The van der Waals surface area contributed by atoms with E-state index in [0.717, 1.165) is 51.3 Å². The molecule has 0 bridgehead atoms. The van der Waals surface area contributed by atoms with Crippen LogP contribution in [0.1, 0.15) is 66.3 Å². The summed E-state index contributed by atoms with van der Waals surface area (Å²) in [5.74, 6) is -0.319. The Labute approximate surface area is 198 Å². The first-order valence-corrected chi connectivity index (χ1v) is 12.5. The molecule has 2 saturated heterocycles. The Balaban J connectivity index is 1.44. The smallest absolute Gasteiger partial charge is 0.307 e. The Hall–Kier alpha value is -2.21. The Bertz CT molecular complexity index is 936. The van der Waals surface area contributed by atoms with Gasteiger partial charge in [0.2, 0.25) is 0 Å². The second-order valence-corrected chi connectivity index (χ2v) is 9.98. The van der Waals surface area contributed by atoms with E-state index in [1.807, 2.05) is 13.0 Å². The van der Waals surface area contributed by atoms with Crippen LogP contribution in [0.25, 0.3) is 0 Å². The fraction of sp³-hybridized carbons (Fsp3) is 0.536. The summed E-state index contributed by atoms with van der Waals surface area (Å²) < 4.78 is 0. The number of aliphatic carboxylic acids is 1. The van der Waals surface area contributed by atoms with E-state index in [1.54, 1.807) is 0 Å². The molecule has 178 valence electrons. The van der Waals surface area contributed by atoms with Crippen LogP contribution in [0.15, 0.2) is 42.5 Å². The van der Waals surface area contributed by atoms with Crippen LogP contribution in [0, 0.1) is 0 Å². The molecule has 2 aliphatic rings. The van der Waals surface area contributed by atoms with Gasteiger partial charge in [-0.1, -0.05) is 48.9 Å². The van der Waals surface area contributed by atoms with Crippen LogP contribution in [-0.2, 0) is 30.7 Å². The summed E-state index contributed by atoms with van der Waals surface area (Å²) in [5.41, 5.74) is 5.94. The van der Waals surface area contributed by atoms with E-state index in [0.29, 0.717) is 12.3 Å². The van der Waals surface area contributed by atoms with Crippen molar-refractivity contribution in [2.24, 2.45) is 0 Å². The SMILES string of the molecule is CC(O)Cc1ccccc1CN1CCC(c2ccc(CN3CCCCC3)c(CC(=O)O)c2)C1. The highest BCUT2D eigenvalue weighted by Gasteiger charge is 2.25. The number of hydrogen-bond donors (Lipinski definition) is 2. The average Bonchev–Trinajstić information content (AvgIpc) is 3.25. The predicted molar refractivity (Wildman–Crippen MR) is 131 cm³/mol. The lowest BCUT2D eigenvalue weighted by atomic mass is 9.92. The highest BCUT2D eigenvalue weighted by molar-refractivity contribution is 5.71. The summed E-state index contributed by atoms with van der Waals surface area (Å²) in [6.07, 6.45) is 5.32. The van der Waals surface area contributed by atoms with Gasteiger partial charge in [0.05, 0.1) is 12.5 Å². The molecule has 2 aliphatic heterocycles. The van der Waals surface area contributed by atoms with Crippen LogP contribution in [0.2, 0.25) is 0 Å². The number of carboxylic acid groups (broad SMARTS) is 1. The molecule has 2 N–H and O–H groups in total. The van der Waals surface area contributed by atoms with Crippen molar-refractivity contribution in [1.82, 2.24) is 9.80 Å². The maximum Gasteiger partial charge on any atom is 0.307 e. The molecule has 2 aromatic carbocycles. The molecular weight excluding hydrogens is 412 g/mol. The molecule has 4 rings (SSSR count). The second kappa shape index (κ2) is 11.3. The third kappa shape index (κ3) is 6.66. The van der Waals surface area contributed by atoms with Crippen molar-refractivity contribution >= 4 is 5.97 Å². The van der Waals surface area contributed by atoms with Crippen molar-refractivity contribution < 1.29 is 15.0 Å². The third-order valence-corrected chi connectivity index (χ3v) is 7.19. The van der Waals surface area contributed by atoms with Crippen molar-refractivity contribution in [1.29, 1.82) is 0 Å². The summed E-state index contributed by atoms with van der Waals surface area (Å²) in [6, 6.07) is 15.0. The van der Waals surface area contributed by atoms with Crippen LogP contribution in [-0.4, -0.2) is 58.3 Å². The molecule has 2 fully saturated rings. The van der Waals surface area contributed by atoms with E-state index in [-0.39, 0.29) is 12.5 Å². The zero-order valence-electron chi connectivity index (χ0n) is 19.9. The van der Waals surface area contributed by atoms with E-state index in [2.05, 4.69) is 46.2 Å². The summed E-state index contributed by atoms with van der Waals surface area (Å²) >= 11 is 0. The molecule has 5 heteroatoms. The maximum absolute atomic E-state index is 11.6. The van der Waals surface area contributed by atoms with Gasteiger partial charge in [-0.15, -0.1) is 0 Å². The molecule has 2 aromatic rings. The van der Waals surface area contributed by atoms with Gasteiger partial charge in [0.1, 0.15) is 0 Å². The number of aliphatic hydroxyl groups is 1. The van der Waals surface area contributed by atoms with Gasteiger partial charge in [-0.05, 0) is 86.0 Å². The predicted octanol–water partition coefficient (Wildman–Crippen LogP) is 4.21. The van der Waals surface area contributed by atoms with E-state index in [1.165, 1.54) is 41.5 Å². The minimum Gasteiger partial charge on any atom is -0.481 e. The first-order chi connectivity index (χ1) is 16.0. The largest absolute Gasteiger partial charge is 0.481 e. The highest BCUT2D eigenvalue weighted by atomic mass is 16.4. The van der Waals surface area contributed by atoms with Crippen LogP contribution in [0.3, 0.4) is 0 Å². The van der Waals surface area contributed by atoms with Crippen LogP contribution in [0.5, 0.6) is 0 Å². The van der Waals surface area contributed by atoms with Crippen LogP contribution < -0.4 is 0 Å². The number of piperidine rings is 1. The molecule has 0 saturated carbocycles. The quantitative estimate of drug-likeness (QED) is 0.599. The van der Waals surface area contributed by atoms with Crippen molar-refractivity contribution in [3.63, 3.8) is 0 Å². The van der Waals surface area contributed by atoms with Gasteiger partial charge in [0.25, 0.3) is 0 Å². The molecule has 0 spiro atoms. The van der Waals surface area contributed by atoms with Gasteiger partial charge in [-0.2, -0.15) is 0 Å². The minimum atomic E-state index is -0.755. The number of carboxylic acids is 1. The summed E-state index contributed by atoms with van der Waals surface area (Å²) in [5, 5.41) is 19.3. The topological polar surface area (TPSA) is 64.0 Å². The molecule has 5 nitrogen and oxygen atoms in total. The molecule has 2 heterocycles. The van der Waals surface area contributed by atoms with Crippen LogP contribution in [0.4, 0.5) is 0 Å².